The van der Waals surface area contributed by atoms with Crippen molar-refractivity contribution in [2.45, 2.75) is 38.4 Å². The van der Waals surface area contributed by atoms with Gasteiger partial charge in [0.1, 0.15) is 6.10 Å². The molecule has 4 rings (SSSR count). The maximum absolute atomic E-state index is 12.8. The monoisotopic (exact) mass is 344 g/mol. The molecule has 0 bridgehead atoms. The van der Waals surface area contributed by atoms with Crippen molar-refractivity contribution in [3.63, 3.8) is 0 Å². The Bertz CT molecular complexity index is 759. The Hall–Kier alpha value is -2.48. The number of carbonyl (C=O) groups excluding carboxylic acids is 1. The van der Waals surface area contributed by atoms with Gasteiger partial charge in [0.15, 0.2) is 6.10 Å². The van der Waals surface area contributed by atoms with Crippen LogP contribution in [-0.2, 0) is 4.74 Å². The third kappa shape index (κ3) is 3.48. The number of rotatable bonds is 4. The molecule has 1 aliphatic carbocycles. The summed E-state index contributed by atoms with van der Waals surface area (Å²) < 4.78 is 16.9. The van der Waals surface area contributed by atoms with Crippen LogP contribution >= 0.6 is 0 Å². The molecule has 0 N–H and O–H groups in total. The summed E-state index contributed by atoms with van der Waals surface area (Å²) in [6.45, 7) is 3.04. The van der Waals surface area contributed by atoms with E-state index in [-0.39, 0.29) is 12.0 Å². The van der Waals surface area contributed by atoms with Crippen LogP contribution in [0.2, 0.25) is 0 Å². The zero-order valence-corrected chi connectivity index (χ0v) is 14.1. The van der Waals surface area contributed by atoms with Crippen molar-refractivity contribution >= 4 is 5.91 Å². The van der Waals surface area contributed by atoms with Crippen LogP contribution in [0, 0.1) is 6.92 Å². The average molecular weight is 344 g/mol. The molecule has 0 radical (unpaired) electrons. The topological polar surface area (TPSA) is 90.6 Å². The van der Waals surface area contributed by atoms with Gasteiger partial charge in [-0.2, -0.15) is 0 Å². The van der Waals surface area contributed by atoms with Crippen LogP contribution in [0.25, 0.3) is 0 Å². The summed E-state index contributed by atoms with van der Waals surface area (Å²) in [6.07, 6.45) is 4.73. The molecule has 0 unspecified atom stereocenters. The second-order valence-electron chi connectivity index (χ2n) is 6.32. The van der Waals surface area contributed by atoms with Crippen LogP contribution < -0.4 is 4.74 Å². The van der Waals surface area contributed by atoms with Gasteiger partial charge in [0.05, 0.1) is 13.2 Å². The number of pyridine rings is 1. The quantitative estimate of drug-likeness (QED) is 0.837. The van der Waals surface area contributed by atoms with Gasteiger partial charge in [-0.25, -0.2) is 4.98 Å². The van der Waals surface area contributed by atoms with Gasteiger partial charge in [-0.15, -0.1) is 10.2 Å². The van der Waals surface area contributed by atoms with Gasteiger partial charge < -0.3 is 18.8 Å². The number of nitrogens with zero attached hydrogens (tertiary/aromatic N) is 4. The Balaban J connectivity index is 1.45. The molecule has 8 nitrogen and oxygen atoms in total. The summed E-state index contributed by atoms with van der Waals surface area (Å²) in [5, 5.41) is 7.81. The summed E-state index contributed by atoms with van der Waals surface area (Å²) >= 11 is 0. The van der Waals surface area contributed by atoms with Gasteiger partial charge in [0.2, 0.25) is 17.7 Å². The average Bonchev–Trinajstić information content (AvgIpc) is 3.04. The van der Waals surface area contributed by atoms with Crippen molar-refractivity contribution in [3.8, 4) is 5.88 Å². The highest BCUT2D eigenvalue weighted by molar-refractivity contribution is 5.94. The number of aryl methyl sites for hydroxylation is 1. The highest BCUT2D eigenvalue weighted by Gasteiger charge is 2.30. The van der Waals surface area contributed by atoms with Gasteiger partial charge in [0, 0.05) is 31.3 Å². The highest BCUT2D eigenvalue weighted by atomic mass is 16.5. The first kappa shape index (κ1) is 16.0. The number of ether oxygens (including phenoxy) is 2. The van der Waals surface area contributed by atoms with Crippen LogP contribution in [-0.4, -0.2) is 51.8 Å². The van der Waals surface area contributed by atoms with Gasteiger partial charge in [-0.05, 0) is 25.3 Å². The molecular formula is C17H20N4O4. The van der Waals surface area contributed by atoms with E-state index >= 15 is 0 Å². The summed E-state index contributed by atoms with van der Waals surface area (Å²) in [5.74, 6) is 1.31. The lowest BCUT2D eigenvalue weighted by molar-refractivity contribution is -0.0349. The number of hydrogen-bond acceptors (Lipinski definition) is 7. The molecule has 2 aromatic heterocycles. The number of carbonyl (C=O) groups is 1. The van der Waals surface area contributed by atoms with E-state index in [1.54, 1.807) is 30.2 Å². The minimum atomic E-state index is -0.397. The molecule has 2 aliphatic rings. The van der Waals surface area contributed by atoms with E-state index in [0.717, 1.165) is 12.8 Å². The maximum atomic E-state index is 12.8. The first-order valence-electron chi connectivity index (χ1n) is 8.52. The van der Waals surface area contributed by atoms with Crippen LogP contribution in [0.4, 0.5) is 0 Å². The number of morpholine rings is 1. The van der Waals surface area contributed by atoms with E-state index < -0.39 is 6.10 Å². The summed E-state index contributed by atoms with van der Waals surface area (Å²) in [6, 6.07) is 3.42. The SMILES string of the molecule is Cc1nnc([C@H]2CN(C(=O)c3ccnc(OC4CCC4)c3)CCO2)o1. The molecular weight excluding hydrogens is 324 g/mol. The van der Waals surface area contributed by atoms with E-state index in [9.17, 15) is 4.79 Å². The van der Waals surface area contributed by atoms with Gasteiger partial charge in [0.25, 0.3) is 5.91 Å². The van der Waals surface area contributed by atoms with Crippen molar-refractivity contribution in [2.24, 2.45) is 0 Å². The standard InChI is InChI=1S/C17H20N4O4/c1-11-19-20-16(24-11)14-10-21(7-8-23-14)17(22)12-5-6-18-15(9-12)25-13-3-2-4-13/h5-6,9,13-14H,2-4,7-8,10H2,1H3/t14-/m1/s1. The Morgan fingerprint density at radius 2 is 2.24 bits per heavy atom. The fourth-order valence-electron chi connectivity index (χ4n) is 2.87. The predicted molar refractivity (Wildman–Crippen MR) is 86.1 cm³/mol. The van der Waals surface area contributed by atoms with Gasteiger partial charge in [-0.3, -0.25) is 4.79 Å². The van der Waals surface area contributed by atoms with Crippen LogP contribution in [0.15, 0.2) is 22.7 Å². The fraction of sp³-hybridized carbons (Fsp3) is 0.529. The Morgan fingerprint density at radius 3 is 2.96 bits per heavy atom. The molecule has 1 saturated carbocycles. The van der Waals surface area contributed by atoms with E-state index in [4.69, 9.17) is 13.9 Å². The molecule has 132 valence electrons. The molecule has 25 heavy (non-hydrogen) atoms. The maximum Gasteiger partial charge on any atom is 0.254 e. The van der Waals surface area contributed by atoms with E-state index in [2.05, 4.69) is 15.2 Å². The smallest absolute Gasteiger partial charge is 0.254 e. The predicted octanol–water partition coefficient (Wildman–Crippen LogP) is 1.92. The number of hydrogen-bond donors (Lipinski definition) is 0. The van der Waals surface area contributed by atoms with Gasteiger partial charge >= 0.3 is 0 Å². The van der Waals surface area contributed by atoms with Crippen molar-refractivity contribution in [1.82, 2.24) is 20.1 Å². The molecule has 0 spiro atoms. The third-order valence-corrected chi connectivity index (χ3v) is 4.49. The van der Waals surface area contributed by atoms with Crippen LogP contribution in [0.5, 0.6) is 5.88 Å². The molecule has 1 amide bonds. The van der Waals surface area contributed by atoms with Crippen molar-refractivity contribution in [2.75, 3.05) is 19.7 Å². The Morgan fingerprint density at radius 1 is 1.36 bits per heavy atom. The molecule has 2 aromatic rings. The molecule has 0 aromatic carbocycles. The lowest BCUT2D eigenvalue weighted by atomic mass is 9.96. The van der Waals surface area contributed by atoms with Crippen molar-refractivity contribution in [1.29, 1.82) is 0 Å². The number of amides is 1. The second kappa shape index (κ2) is 6.79. The van der Waals surface area contributed by atoms with Gasteiger partial charge in [-0.1, -0.05) is 0 Å². The molecule has 8 heteroatoms. The number of aromatic nitrogens is 3. The van der Waals surface area contributed by atoms with Crippen LogP contribution in [0.1, 0.15) is 47.5 Å². The third-order valence-electron chi connectivity index (χ3n) is 4.49. The minimum Gasteiger partial charge on any atom is -0.474 e. The Labute approximate surface area is 145 Å². The molecule has 1 saturated heterocycles. The van der Waals surface area contributed by atoms with E-state index in [0.29, 0.717) is 42.9 Å². The zero-order valence-electron chi connectivity index (χ0n) is 14.1. The molecule has 1 atom stereocenters. The normalized spacial score (nSPS) is 21.0. The zero-order chi connectivity index (χ0) is 17.2. The Kier molecular flexibility index (Phi) is 4.35. The van der Waals surface area contributed by atoms with E-state index in [1.165, 1.54) is 6.42 Å². The lowest BCUT2D eigenvalue weighted by Crippen LogP contribution is -2.42. The molecule has 3 heterocycles. The van der Waals surface area contributed by atoms with E-state index in [1.807, 2.05) is 0 Å². The fourth-order valence-corrected chi connectivity index (χ4v) is 2.87. The first-order valence-corrected chi connectivity index (χ1v) is 8.52. The summed E-state index contributed by atoms with van der Waals surface area (Å²) in [7, 11) is 0. The second-order valence-corrected chi connectivity index (χ2v) is 6.32. The van der Waals surface area contributed by atoms with Crippen LogP contribution in [0.3, 0.4) is 0 Å². The largest absolute Gasteiger partial charge is 0.474 e. The van der Waals surface area contributed by atoms with Crippen molar-refractivity contribution in [3.05, 3.63) is 35.7 Å². The highest BCUT2D eigenvalue weighted by Crippen LogP contribution is 2.25. The summed E-state index contributed by atoms with van der Waals surface area (Å²) in [4.78, 5) is 18.8. The minimum absolute atomic E-state index is 0.0783. The van der Waals surface area contributed by atoms with Crippen molar-refractivity contribution < 1.29 is 18.7 Å². The molecule has 2 fully saturated rings. The lowest BCUT2D eigenvalue weighted by Gasteiger charge is -2.31. The molecule has 1 aliphatic heterocycles. The summed E-state index contributed by atoms with van der Waals surface area (Å²) in [5.41, 5.74) is 0.562. The first-order chi connectivity index (χ1) is 12.2.